The monoisotopic (exact) mass is 273 g/mol. The Labute approximate surface area is 120 Å². The maximum absolute atomic E-state index is 12.9. The smallest absolute Gasteiger partial charge is 0.171 e. The number of carbonyl (C=O) groups excluding carboxylic acids is 1. The van der Waals surface area contributed by atoms with Crippen LogP contribution >= 0.6 is 0 Å². The molecule has 0 radical (unpaired) electrons. The van der Waals surface area contributed by atoms with Crippen LogP contribution < -0.4 is 10.5 Å². The second-order valence-corrected chi connectivity index (χ2v) is 6.02. The topological polar surface area (TPSA) is 52.3 Å². The van der Waals surface area contributed by atoms with Gasteiger partial charge < -0.3 is 10.5 Å². The number of nitrogens with two attached hydrogens (primary N) is 1. The van der Waals surface area contributed by atoms with Crippen LogP contribution in [0.5, 0.6) is 5.75 Å². The highest BCUT2D eigenvalue weighted by molar-refractivity contribution is 6.01. The normalized spacial score (nSPS) is 26.2. The lowest BCUT2D eigenvalue weighted by molar-refractivity contribution is 0.0889. The van der Waals surface area contributed by atoms with Gasteiger partial charge in [-0.3, -0.25) is 4.79 Å². The van der Waals surface area contributed by atoms with Crippen molar-refractivity contribution < 1.29 is 9.53 Å². The molecule has 1 fully saturated rings. The third kappa shape index (κ3) is 2.59. The molecule has 0 amide bonds. The lowest BCUT2D eigenvalue weighted by Gasteiger charge is -2.24. The SMILES string of the molecule is NC1CCCCCC1C(=O)c1cccc2c1OCCC2. The molecule has 1 heterocycles. The number of fused-ring (bicyclic) bond motifs is 1. The van der Waals surface area contributed by atoms with Crippen LogP contribution in [0.15, 0.2) is 18.2 Å². The van der Waals surface area contributed by atoms with Gasteiger partial charge in [0, 0.05) is 12.0 Å². The zero-order chi connectivity index (χ0) is 13.9. The molecule has 3 rings (SSSR count). The molecule has 1 saturated carbocycles. The summed E-state index contributed by atoms with van der Waals surface area (Å²) >= 11 is 0. The Morgan fingerprint density at radius 2 is 2.00 bits per heavy atom. The fourth-order valence-corrected chi connectivity index (χ4v) is 3.44. The number of rotatable bonds is 2. The molecule has 2 unspecified atom stereocenters. The summed E-state index contributed by atoms with van der Waals surface area (Å²) in [6.45, 7) is 0.716. The van der Waals surface area contributed by atoms with E-state index in [9.17, 15) is 4.79 Å². The van der Waals surface area contributed by atoms with Crippen LogP contribution in [0.2, 0.25) is 0 Å². The number of hydrogen-bond donors (Lipinski definition) is 1. The first-order valence-corrected chi connectivity index (χ1v) is 7.82. The van der Waals surface area contributed by atoms with E-state index in [1.807, 2.05) is 12.1 Å². The summed E-state index contributed by atoms with van der Waals surface area (Å²) in [4.78, 5) is 12.9. The summed E-state index contributed by atoms with van der Waals surface area (Å²) in [5.74, 6) is 0.980. The van der Waals surface area contributed by atoms with Crippen LogP contribution in [-0.4, -0.2) is 18.4 Å². The fourth-order valence-electron chi connectivity index (χ4n) is 3.44. The number of benzene rings is 1. The van der Waals surface area contributed by atoms with Gasteiger partial charge in [-0.15, -0.1) is 0 Å². The van der Waals surface area contributed by atoms with Crippen molar-refractivity contribution in [1.82, 2.24) is 0 Å². The summed E-state index contributed by atoms with van der Waals surface area (Å²) in [5, 5.41) is 0. The zero-order valence-electron chi connectivity index (χ0n) is 11.9. The summed E-state index contributed by atoms with van der Waals surface area (Å²) < 4.78 is 5.77. The molecule has 0 saturated heterocycles. The van der Waals surface area contributed by atoms with Crippen LogP contribution in [0.4, 0.5) is 0 Å². The van der Waals surface area contributed by atoms with Crippen molar-refractivity contribution in [1.29, 1.82) is 0 Å². The highest BCUT2D eigenvalue weighted by Gasteiger charge is 2.30. The number of ether oxygens (including phenoxy) is 1. The highest BCUT2D eigenvalue weighted by Crippen LogP contribution is 2.33. The summed E-state index contributed by atoms with van der Waals surface area (Å²) in [6.07, 6.45) is 7.38. The highest BCUT2D eigenvalue weighted by atomic mass is 16.5. The van der Waals surface area contributed by atoms with Gasteiger partial charge in [-0.25, -0.2) is 0 Å². The van der Waals surface area contributed by atoms with Crippen molar-refractivity contribution in [3.05, 3.63) is 29.3 Å². The number of Topliss-reactive ketones (excluding diaryl/α,β-unsaturated/α-hetero) is 1. The molecule has 0 bridgehead atoms. The molecule has 3 nitrogen and oxygen atoms in total. The van der Waals surface area contributed by atoms with Crippen molar-refractivity contribution >= 4 is 5.78 Å². The summed E-state index contributed by atoms with van der Waals surface area (Å²) in [6, 6.07) is 5.95. The van der Waals surface area contributed by atoms with E-state index in [2.05, 4.69) is 6.07 Å². The average Bonchev–Trinajstić information content (AvgIpc) is 2.70. The quantitative estimate of drug-likeness (QED) is 0.665. The van der Waals surface area contributed by atoms with Crippen molar-refractivity contribution in [2.24, 2.45) is 11.7 Å². The van der Waals surface area contributed by atoms with Crippen LogP contribution in [0.25, 0.3) is 0 Å². The third-order valence-electron chi connectivity index (χ3n) is 4.61. The summed E-state index contributed by atoms with van der Waals surface area (Å²) in [7, 11) is 0. The van der Waals surface area contributed by atoms with E-state index < -0.39 is 0 Å². The van der Waals surface area contributed by atoms with E-state index >= 15 is 0 Å². The average molecular weight is 273 g/mol. The van der Waals surface area contributed by atoms with Crippen LogP contribution in [-0.2, 0) is 6.42 Å². The maximum atomic E-state index is 12.9. The Hall–Kier alpha value is -1.35. The number of carbonyl (C=O) groups is 1. The van der Waals surface area contributed by atoms with Gasteiger partial charge in [0.25, 0.3) is 0 Å². The van der Waals surface area contributed by atoms with Crippen molar-refractivity contribution in [2.45, 2.75) is 51.0 Å². The van der Waals surface area contributed by atoms with E-state index in [0.717, 1.165) is 49.8 Å². The van der Waals surface area contributed by atoms with Gasteiger partial charge in [0.2, 0.25) is 0 Å². The van der Waals surface area contributed by atoms with E-state index in [1.165, 1.54) is 12.0 Å². The van der Waals surface area contributed by atoms with E-state index in [4.69, 9.17) is 10.5 Å². The predicted molar refractivity (Wildman–Crippen MR) is 79.1 cm³/mol. The van der Waals surface area contributed by atoms with Gasteiger partial charge in [0.1, 0.15) is 5.75 Å². The van der Waals surface area contributed by atoms with Gasteiger partial charge in [0.15, 0.2) is 5.78 Å². The second-order valence-electron chi connectivity index (χ2n) is 6.02. The maximum Gasteiger partial charge on any atom is 0.171 e. The minimum Gasteiger partial charge on any atom is -0.493 e. The van der Waals surface area contributed by atoms with Crippen molar-refractivity contribution in [2.75, 3.05) is 6.61 Å². The molecule has 0 aromatic heterocycles. The standard InChI is InChI=1S/C17H23NO2/c18-15-10-3-1-2-8-13(15)16(19)14-9-4-6-12-7-5-11-20-17(12)14/h4,6,9,13,15H,1-3,5,7-8,10-11,18H2. The molecule has 1 aliphatic heterocycles. The Kier molecular flexibility index (Phi) is 4.06. The molecule has 2 N–H and O–H groups in total. The lowest BCUT2D eigenvalue weighted by Crippen LogP contribution is -2.35. The van der Waals surface area contributed by atoms with Crippen molar-refractivity contribution in [3.8, 4) is 5.75 Å². The van der Waals surface area contributed by atoms with E-state index in [1.54, 1.807) is 0 Å². The lowest BCUT2D eigenvalue weighted by atomic mass is 9.86. The van der Waals surface area contributed by atoms with Gasteiger partial charge in [0.05, 0.1) is 12.2 Å². The van der Waals surface area contributed by atoms with Gasteiger partial charge in [-0.05, 0) is 37.3 Å². The minimum atomic E-state index is -0.0328. The molecule has 0 spiro atoms. The fraction of sp³-hybridized carbons (Fsp3) is 0.588. The Balaban J connectivity index is 1.90. The molecule has 2 atom stereocenters. The van der Waals surface area contributed by atoms with Crippen molar-refractivity contribution in [3.63, 3.8) is 0 Å². The Bertz CT molecular complexity index is 498. The van der Waals surface area contributed by atoms with Gasteiger partial charge >= 0.3 is 0 Å². The largest absolute Gasteiger partial charge is 0.493 e. The molecular weight excluding hydrogens is 250 g/mol. The first kappa shape index (κ1) is 13.6. The summed E-state index contributed by atoms with van der Waals surface area (Å²) in [5.41, 5.74) is 8.16. The number of aryl methyl sites for hydroxylation is 1. The number of hydrogen-bond acceptors (Lipinski definition) is 3. The molecular formula is C17H23NO2. The minimum absolute atomic E-state index is 0.00412. The predicted octanol–water partition coefficient (Wildman–Crippen LogP) is 3.10. The zero-order valence-corrected chi connectivity index (χ0v) is 11.9. The first-order valence-electron chi connectivity index (χ1n) is 7.82. The second kappa shape index (κ2) is 5.96. The van der Waals surface area contributed by atoms with Gasteiger partial charge in [-0.1, -0.05) is 31.4 Å². The Morgan fingerprint density at radius 1 is 1.15 bits per heavy atom. The van der Waals surface area contributed by atoms with Crippen LogP contribution in [0.1, 0.15) is 54.4 Å². The molecule has 1 aliphatic carbocycles. The third-order valence-corrected chi connectivity index (χ3v) is 4.61. The molecule has 2 aliphatic rings. The number of para-hydroxylation sites is 1. The molecule has 108 valence electrons. The number of ketones is 1. The van der Waals surface area contributed by atoms with E-state index in [-0.39, 0.29) is 17.7 Å². The molecule has 1 aromatic rings. The first-order chi connectivity index (χ1) is 9.77. The van der Waals surface area contributed by atoms with Crippen LogP contribution in [0, 0.1) is 5.92 Å². The molecule has 1 aromatic carbocycles. The molecule has 3 heteroatoms. The van der Waals surface area contributed by atoms with Gasteiger partial charge in [-0.2, -0.15) is 0 Å². The van der Waals surface area contributed by atoms with Crippen LogP contribution in [0.3, 0.4) is 0 Å². The van der Waals surface area contributed by atoms with E-state index in [0.29, 0.717) is 6.61 Å². The Morgan fingerprint density at radius 3 is 2.90 bits per heavy atom. The molecule has 20 heavy (non-hydrogen) atoms.